The van der Waals surface area contributed by atoms with Gasteiger partial charge in [0.2, 0.25) is 0 Å². The first-order chi connectivity index (χ1) is 6.92. The Labute approximate surface area is 87.2 Å². The predicted octanol–water partition coefficient (Wildman–Crippen LogP) is 2.90. The van der Waals surface area contributed by atoms with E-state index in [2.05, 4.69) is 22.2 Å². The van der Waals surface area contributed by atoms with Gasteiger partial charge in [-0.25, -0.2) is 9.97 Å². The van der Waals surface area contributed by atoms with Gasteiger partial charge in [-0.05, 0) is 17.9 Å². The molecule has 3 nitrogen and oxygen atoms in total. The predicted molar refractivity (Wildman–Crippen MR) is 60.8 cm³/mol. The molecule has 2 rings (SSSR count). The van der Waals surface area contributed by atoms with Gasteiger partial charge in [-0.1, -0.05) is 13.3 Å². The zero-order chi connectivity index (χ0) is 9.80. The van der Waals surface area contributed by atoms with Crippen molar-refractivity contribution in [2.45, 2.75) is 19.8 Å². The van der Waals surface area contributed by atoms with E-state index in [-0.39, 0.29) is 0 Å². The summed E-state index contributed by atoms with van der Waals surface area (Å²) in [5, 5.41) is 5.38. The van der Waals surface area contributed by atoms with Crippen LogP contribution in [0.3, 0.4) is 0 Å². The van der Waals surface area contributed by atoms with Gasteiger partial charge < -0.3 is 5.32 Å². The normalized spacial score (nSPS) is 10.6. The second-order valence-corrected chi connectivity index (χ2v) is 4.05. The number of fused-ring (bicyclic) bond motifs is 1. The second-order valence-electron chi connectivity index (χ2n) is 3.14. The van der Waals surface area contributed by atoms with Crippen molar-refractivity contribution in [2.75, 3.05) is 11.9 Å². The largest absolute Gasteiger partial charge is 0.369 e. The fourth-order valence-corrected chi connectivity index (χ4v) is 2.11. The molecule has 4 heteroatoms. The number of anilines is 1. The van der Waals surface area contributed by atoms with E-state index in [4.69, 9.17) is 0 Å². The van der Waals surface area contributed by atoms with E-state index in [0.717, 1.165) is 22.6 Å². The number of unbranched alkanes of at least 4 members (excludes halogenated alkanes) is 1. The fraction of sp³-hybridized carbons (Fsp3) is 0.400. The monoisotopic (exact) mass is 207 g/mol. The molecule has 0 bridgehead atoms. The van der Waals surface area contributed by atoms with Crippen molar-refractivity contribution in [3.8, 4) is 0 Å². The molecule has 0 saturated carbocycles. The Morgan fingerprint density at radius 3 is 3.21 bits per heavy atom. The Balaban J connectivity index is 2.19. The topological polar surface area (TPSA) is 37.8 Å². The summed E-state index contributed by atoms with van der Waals surface area (Å²) in [6, 6.07) is 2.02. The summed E-state index contributed by atoms with van der Waals surface area (Å²) in [5.74, 6) is 0.971. The summed E-state index contributed by atoms with van der Waals surface area (Å²) in [4.78, 5) is 8.43. The van der Waals surface area contributed by atoms with Gasteiger partial charge in [-0.15, -0.1) is 11.3 Å². The lowest BCUT2D eigenvalue weighted by Gasteiger charge is -2.04. The molecule has 0 spiro atoms. The molecule has 0 saturated heterocycles. The summed E-state index contributed by atoms with van der Waals surface area (Å²) < 4.78 is 1.16. The average molecular weight is 207 g/mol. The van der Waals surface area contributed by atoms with Gasteiger partial charge in [-0.3, -0.25) is 0 Å². The van der Waals surface area contributed by atoms with Crippen molar-refractivity contribution in [3.63, 3.8) is 0 Å². The minimum absolute atomic E-state index is 0.971. The summed E-state index contributed by atoms with van der Waals surface area (Å²) in [6.45, 7) is 3.17. The van der Waals surface area contributed by atoms with Crippen LogP contribution < -0.4 is 5.32 Å². The molecule has 0 amide bonds. The Morgan fingerprint density at radius 1 is 1.43 bits per heavy atom. The molecule has 0 aromatic carbocycles. The van der Waals surface area contributed by atoms with Gasteiger partial charge in [0.1, 0.15) is 12.1 Å². The second kappa shape index (κ2) is 4.37. The van der Waals surface area contributed by atoms with Gasteiger partial charge >= 0.3 is 0 Å². The highest BCUT2D eigenvalue weighted by atomic mass is 32.1. The van der Waals surface area contributed by atoms with Crippen molar-refractivity contribution in [3.05, 3.63) is 17.8 Å². The first-order valence-electron chi connectivity index (χ1n) is 4.84. The molecule has 0 atom stereocenters. The van der Waals surface area contributed by atoms with Gasteiger partial charge in [0.05, 0.1) is 10.2 Å². The van der Waals surface area contributed by atoms with Crippen LogP contribution in [0.2, 0.25) is 0 Å². The summed E-state index contributed by atoms with van der Waals surface area (Å²) in [6.07, 6.45) is 3.99. The van der Waals surface area contributed by atoms with Gasteiger partial charge in [0.15, 0.2) is 0 Å². The lowest BCUT2D eigenvalue weighted by Crippen LogP contribution is -2.02. The van der Waals surface area contributed by atoms with Crippen molar-refractivity contribution < 1.29 is 0 Å². The van der Waals surface area contributed by atoms with Crippen molar-refractivity contribution in [1.29, 1.82) is 0 Å². The number of hydrogen-bond acceptors (Lipinski definition) is 4. The molecular formula is C10H13N3S. The molecular weight excluding hydrogens is 194 g/mol. The molecule has 1 N–H and O–H groups in total. The molecule has 0 aliphatic heterocycles. The Hall–Kier alpha value is -1.16. The lowest BCUT2D eigenvalue weighted by molar-refractivity contribution is 0.832. The highest BCUT2D eigenvalue weighted by Crippen LogP contribution is 2.24. The minimum atomic E-state index is 0.971. The van der Waals surface area contributed by atoms with E-state index < -0.39 is 0 Å². The number of nitrogens with zero attached hydrogens (tertiary/aromatic N) is 2. The van der Waals surface area contributed by atoms with Crippen molar-refractivity contribution in [1.82, 2.24) is 9.97 Å². The van der Waals surface area contributed by atoms with Crippen LogP contribution in [-0.4, -0.2) is 16.5 Å². The number of thiophene rings is 1. The number of nitrogens with one attached hydrogen (secondary N) is 1. The smallest absolute Gasteiger partial charge is 0.147 e. The zero-order valence-electron chi connectivity index (χ0n) is 8.16. The van der Waals surface area contributed by atoms with Gasteiger partial charge in [0.25, 0.3) is 0 Å². The summed E-state index contributed by atoms with van der Waals surface area (Å²) in [7, 11) is 0. The molecule has 74 valence electrons. The van der Waals surface area contributed by atoms with Crippen LogP contribution in [0.15, 0.2) is 17.8 Å². The Kier molecular flexibility index (Phi) is 2.93. The first kappa shape index (κ1) is 9.40. The Morgan fingerprint density at radius 2 is 2.36 bits per heavy atom. The lowest BCUT2D eigenvalue weighted by atomic mass is 10.3. The molecule has 0 aliphatic carbocycles. The molecule has 0 fully saturated rings. The number of rotatable bonds is 4. The van der Waals surface area contributed by atoms with E-state index in [9.17, 15) is 0 Å². The fourth-order valence-electron chi connectivity index (χ4n) is 1.30. The van der Waals surface area contributed by atoms with Crippen LogP contribution in [0.4, 0.5) is 5.82 Å². The molecule has 14 heavy (non-hydrogen) atoms. The van der Waals surface area contributed by atoms with Crippen LogP contribution >= 0.6 is 11.3 Å². The number of aromatic nitrogens is 2. The Bertz CT molecular complexity index is 410. The highest BCUT2D eigenvalue weighted by molar-refractivity contribution is 7.17. The average Bonchev–Trinajstić information content (AvgIpc) is 2.67. The van der Waals surface area contributed by atoms with E-state index in [1.807, 2.05) is 11.4 Å². The van der Waals surface area contributed by atoms with Crippen LogP contribution in [0.25, 0.3) is 10.2 Å². The quantitative estimate of drug-likeness (QED) is 0.783. The third-order valence-electron chi connectivity index (χ3n) is 2.07. The van der Waals surface area contributed by atoms with Crippen molar-refractivity contribution >= 4 is 27.4 Å². The van der Waals surface area contributed by atoms with Crippen molar-refractivity contribution in [2.24, 2.45) is 0 Å². The molecule has 0 aliphatic rings. The SMILES string of the molecule is CCCCNc1ncnc2ccsc12. The number of hydrogen-bond donors (Lipinski definition) is 1. The maximum absolute atomic E-state index is 4.24. The molecule has 2 aromatic rings. The molecule has 0 radical (unpaired) electrons. The van der Waals surface area contributed by atoms with E-state index >= 15 is 0 Å². The zero-order valence-corrected chi connectivity index (χ0v) is 8.97. The standard InChI is InChI=1S/C10H13N3S/c1-2-3-5-11-10-9-8(4-6-14-9)12-7-13-10/h4,6-7H,2-3,5H2,1H3,(H,11,12,13). The van der Waals surface area contributed by atoms with Crippen LogP contribution in [-0.2, 0) is 0 Å². The van der Waals surface area contributed by atoms with E-state index in [1.165, 1.54) is 12.8 Å². The third-order valence-corrected chi connectivity index (χ3v) is 2.98. The third kappa shape index (κ3) is 1.85. The van der Waals surface area contributed by atoms with Gasteiger partial charge in [-0.2, -0.15) is 0 Å². The summed E-state index contributed by atoms with van der Waals surface area (Å²) >= 11 is 1.68. The maximum atomic E-state index is 4.24. The van der Waals surface area contributed by atoms with E-state index in [0.29, 0.717) is 0 Å². The first-order valence-corrected chi connectivity index (χ1v) is 5.72. The van der Waals surface area contributed by atoms with E-state index in [1.54, 1.807) is 17.7 Å². The van der Waals surface area contributed by atoms with Crippen LogP contribution in [0.1, 0.15) is 19.8 Å². The molecule has 2 heterocycles. The van der Waals surface area contributed by atoms with Crippen LogP contribution in [0.5, 0.6) is 0 Å². The van der Waals surface area contributed by atoms with Gasteiger partial charge in [0, 0.05) is 6.54 Å². The maximum Gasteiger partial charge on any atom is 0.147 e. The molecule has 2 aromatic heterocycles. The molecule has 0 unspecified atom stereocenters. The van der Waals surface area contributed by atoms with Crippen LogP contribution in [0, 0.1) is 0 Å². The highest BCUT2D eigenvalue weighted by Gasteiger charge is 2.02. The summed E-state index contributed by atoms with van der Waals surface area (Å²) in [5.41, 5.74) is 1.03. The minimum Gasteiger partial charge on any atom is -0.369 e.